The molecular formula is C16H31NO2S. The average molecular weight is 301 g/mol. The van der Waals surface area contributed by atoms with Crippen LogP contribution in [-0.4, -0.2) is 32.0 Å². The Hall–Kier alpha value is -0.0900. The van der Waals surface area contributed by atoms with Crippen molar-refractivity contribution in [3.05, 3.63) is 0 Å². The first-order chi connectivity index (χ1) is 9.16. The van der Waals surface area contributed by atoms with E-state index in [1.54, 1.807) is 0 Å². The van der Waals surface area contributed by atoms with Gasteiger partial charge in [0.1, 0.15) is 9.84 Å². The second kappa shape index (κ2) is 5.96. The fourth-order valence-electron chi connectivity index (χ4n) is 4.49. The van der Waals surface area contributed by atoms with E-state index in [4.69, 9.17) is 0 Å². The maximum atomic E-state index is 11.8. The van der Waals surface area contributed by atoms with E-state index >= 15 is 0 Å². The van der Waals surface area contributed by atoms with Crippen molar-refractivity contribution in [1.82, 2.24) is 5.32 Å². The molecule has 4 heteroatoms. The van der Waals surface area contributed by atoms with Crippen molar-refractivity contribution < 1.29 is 8.42 Å². The van der Waals surface area contributed by atoms with Crippen molar-refractivity contribution in [2.24, 2.45) is 11.3 Å². The first-order valence-electron chi connectivity index (χ1n) is 8.11. The van der Waals surface area contributed by atoms with E-state index in [-0.39, 0.29) is 5.25 Å². The third-order valence-electron chi connectivity index (χ3n) is 5.09. The average Bonchev–Trinajstić information content (AvgIpc) is 2.25. The highest BCUT2D eigenvalue weighted by Crippen LogP contribution is 2.39. The molecule has 2 aliphatic rings. The zero-order valence-corrected chi connectivity index (χ0v) is 14.3. The minimum Gasteiger partial charge on any atom is -0.311 e. The summed E-state index contributed by atoms with van der Waals surface area (Å²) in [7, 11) is -2.87. The second-order valence-corrected chi connectivity index (χ2v) is 10.4. The van der Waals surface area contributed by atoms with Gasteiger partial charge in [0.2, 0.25) is 0 Å². The molecule has 20 heavy (non-hydrogen) atoms. The Bertz CT molecular complexity index is 430. The first-order valence-corrected chi connectivity index (χ1v) is 10.1. The zero-order valence-electron chi connectivity index (χ0n) is 13.5. The van der Waals surface area contributed by atoms with Crippen LogP contribution < -0.4 is 5.32 Å². The van der Waals surface area contributed by atoms with E-state index in [9.17, 15) is 8.42 Å². The Kier molecular flexibility index (Phi) is 4.85. The molecular weight excluding hydrogens is 270 g/mol. The second-order valence-electron chi connectivity index (χ2n) is 8.09. The Labute approximate surface area is 124 Å². The molecule has 2 saturated carbocycles. The van der Waals surface area contributed by atoms with Gasteiger partial charge in [-0.3, -0.25) is 0 Å². The predicted octanol–water partition coefficient (Wildman–Crippen LogP) is 3.15. The van der Waals surface area contributed by atoms with Crippen LogP contribution in [0.2, 0.25) is 0 Å². The molecule has 4 atom stereocenters. The Balaban J connectivity index is 1.93. The largest absolute Gasteiger partial charge is 0.311 e. The molecule has 0 aromatic rings. The standard InChI is InChI=1S/C16H31NO2S/c1-12-8-14(11-16(2,3)10-12)17-13-6-5-7-15(9-13)20(4,18)19/h12-15,17H,5-11H2,1-4H3. The van der Waals surface area contributed by atoms with Gasteiger partial charge in [-0.25, -0.2) is 8.42 Å². The molecule has 0 amide bonds. The SMILES string of the molecule is CC1CC(NC2CCCC(S(C)(=O)=O)C2)CC(C)(C)C1. The molecule has 0 radical (unpaired) electrons. The Morgan fingerprint density at radius 1 is 1.05 bits per heavy atom. The molecule has 4 unspecified atom stereocenters. The normalized spacial score (nSPS) is 38.6. The first kappa shape index (κ1) is 16.3. The van der Waals surface area contributed by atoms with Crippen molar-refractivity contribution >= 4 is 9.84 Å². The molecule has 2 rings (SSSR count). The lowest BCUT2D eigenvalue weighted by atomic mass is 9.70. The molecule has 0 spiro atoms. The van der Waals surface area contributed by atoms with Crippen LogP contribution in [-0.2, 0) is 9.84 Å². The van der Waals surface area contributed by atoms with Crippen LogP contribution in [0.5, 0.6) is 0 Å². The predicted molar refractivity (Wildman–Crippen MR) is 84.6 cm³/mol. The van der Waals surface area contributed by atoms with Crippen molar-refractivity contribution in [3.63, 3.8) is 0 Å². The summed E-state index contributed by atoms with van der Waals surface area (Å²) in [5, 5.41) is 3.66. The third kappa shape index (κ3) is 4.45. The highest BCUT2D eigenvalue weighted by molar-refractivity contribution is 7.91. The molecule has 2 aliphatic carbocycles. The lowest BCUT2D eigenvalue weighted by Crippen LogP contribution is -2.47. The van der Waals surface area contributed by atoms with Gasteiger partial charge in [-0.15, -0.1) is 0 Å². The maximum absolute atomic E-state index is 11.8. The van der Waals surface area contributed by atoms with E-state index in [0.29, 0.717) is 17.5 Å². The summed E-state index contributed by atoms with van der Waals surface area (Å²) in [5.41, 5.74) is 0.417. The third-order valence-corrected chi connectivity index (χ3v) is 6.73. The summed E-state index contributed by atoms with van der Waals surface area (Å²) in [5.74, 6) is 0.769. The minimum atomic E-state index is -2.87. The van der Waals surface area contributed by atoms with E-state index in [1.165, 1.54) is 25.5 Å². The van der Waals surface area contributed by atoms with Gasteiger partial charge in [0.25, 0.3) is 0 Å². The van der Waals surface area contributed by atoms with Crippen LogP contribution in [0.25, 0.3) is 0 Å². The lowest BCUT2D eigenvalue weighted by Gasteiger charge is -2.42. The van der Waals surface area contributed by atoms with E-state index in [1.807, 2.05) is 0 Å². The van der Waals surface area contributed by atoms with Gasteiger partial charge in [0.05, 0.1) is 5.25 Å². The van der Waals surface area contributed by atoms with Crippen LogP contribution in [0, 0.1) is 11.3 Å². The molecule has 0 bridgehead atoms. The minimum absolute atomic E-state index is 0.122. The fourth-order valence-corrected chi connectivity index (χ4v) is 5.67. The molecule has 0 aromatic heterocycles. The monoisotopic (exact) mass is 301 g/mol. The van der Waals surface area contributed by atoms with Crippen molar-refractivity contribution in [1.29, 1.82) is 0 Å². The van der Waals surface area contributed by atoms with Crippen molar-refractivity contribution in [2.45, 2.75) is 83.1 Å². The number of sulfone groups is 1. The molecule has 0 aliphatic heterocycles. The van der Waals surface area contributed by atoms with Crippen molar-refractivity contribution in [2.75, 3.05) is 6.26 Å². The Morgan fingerprint density at radius 2 is 1.75 bits per heavy atom. The fraction of sp³-hybridized carbons (Fsp3) is 1.00. The van der Waals surface area contributed by atoms with Gasteiger partial charge in [0, 0.05) is 18.3 Å². The number of hydrogen-bond donors (Lipinski definition) is 1. The highest BCUT2D eigenvalue weighted by Gasteiger charge is 2.35. The number of rotatable bonds is 3. The van der Waals surface area contributed by atoms with Crippen LogP contribution >= 0.6 is 0 Å². The van der Waals surface area contributed by atoms with E-state index in [0.717, 1.165) is 31.6 Å². The quantitative estimate of drug-likeness (QED) is 0.871. The molecule has 0 saturated heterocycles. The maximum Gasteiger partial charge on any atom is 0.150 e. The zero-order chi connectivity index (χ0) is 15.0. The topological polar surface area (TPSA) is 46.2 Å². The summed E-state index contributed by atoms with van der Waals surface area (Å²) < 4.78 is 23.5. The number of hydrogen-bond acceptors (Lipinski definition) is 3. The molecule has 3 nitrogen and oxygen atoms in total. The van der Waals surface area contributed by atoms with Gasteiger partial charge in [-0.2, -0.15) is 0 Å². The molecule has 0 heterocycles. The molecule has 2 fully saturated rings. The van der Waals surface area contributed by atoms with E-state index < -0.39 is 9.84 Å². The van der Waals surface area contributed by atoms with Gasteiger partial charge in [0.15, 0.2) is 0 Å². The van der Waals surface area contributed by atoms with Crippen LogP contribution in [0.4, 0.5) is 0 Å². The smallest absolute Gasteiger partial charge is 0.150 e. The van der Waals surface area contributed by atoms with Gasteiger partial charge in [-0.05, 0) is 49.9 Å². The Morgan fingerprint density at radius 3 is 2.35 bits per heavy atom. The molecule has 0 aromatic carbocycles. The van der Waals surface area contributed by atoms with Gasteiger partial charge in [-0.1, -0.05) is 27.2 Å². The van der Waals surface area contributed by atoms with Gasteiger partial charge < -0.3 is 5.32 Å². The molecule has 118 valence electrons. The summed E-state index contributed by atoms with van der Waals surface area (Å²) in [4.78, 5) is 0. The summed E-state index contributed by atoms with van der Waals surface area (Å²) in [6, 6.07) is 0.964. The van der Waals surface area contributed by atoms with Crippen LogP contribution in [0.15, 0.2) is 0 Å². The van der Waals surface area contributed by atoms with Crippen molar-refractivity contribution in [3.8, 4) is 0 Å². The summed E-state index contributed by atoms with van der Waals surface area (Å²) in [6.07, 6.45) is 9.00. The van der Waals surface area contributed by atoms with Crippen LogP contribution in [0.3, 0.4) is 0 Å². The molecule has 1 N–H and O–H groups in total. The van der Waals surface area contributed by atoms with Gasteiger partial charge >= 0.3 is 0 Å². The number of nitrogens with one attached hydrogen (secondary N) is 1. The summed E-state index contributed by atoms with van der Waals surface area (Å²) >= 11 is 0. The lowest BCUT2D eigenvalue weighted by molar-refractivity contribution is 0.139. The summed E-state index contributed by atoms with van der Waals surface area (Å²) in [6.45, 7) is 7.06. The van der Waals surface area contributed by atoms with Crippen LogP contribution in [0.1, 0.15) is 65.7 Å². The van der Waals surface area contributed by atoms with E-state index in [2.05, 4.69) is 26.1 Å². The highest BCUT2D eigenvalue weighted by atomic mass is 32.2.